The molecule has 24 heavy (non-hydrogen) atoms. The Balaban J connectivity index is 1.72. The monoisotopic (exact) mass is 339 g/mol. The Morgan fingerprint density at radius 1 is 1.33 bits per heavy atom. The first-order chi connectivity index (χ1) is 11.5. The fraction of sp³-hybridized carbons (Fsp3) is 0.538. The van der Waals surface area contributed by atoms with E-state index in [1.807, 2.05) is 0 Å². The largest absolute Gasteiger partial charge is 0.481 e. The van der Waals surface area contributed by atoms with E-state index in [0.29, 0.717) is 11.2 Å². The minimum atomic E-state index is -1.23. The van der Waals surface area contributed by atoms with Crippen molar-refractivity contribution in [2.45, 2.75) is 31.0 Å². The van der Waals surface area contributed by atoms with Gasteiger partial charge in [0.05, 0.1) is 26.0 Å². The summed E-state index contributed by atoms with van der Waals surface area (Å²) in [6, 6.07) is 0. The maximum atomic E-state index is 10.4. The molecule has 0 radical (unpaired) electrons. The molecule has 0 aliphatic carbocycles. The van der Waals surface area contributed by atoms with Crippen LogP contribution in [0.3, 0.4) is 0 Å². The van der Waals surface area contributed by atoms with Crippen LogP contribution in [0, 0.1) is 0 Å². The number of ether oxygens (including phenoxy) is 2. The number of nitrogens with two attached hydrogens (primary N) is 1. The minimum absolute atomic E-state index is 0.0135. The maximum Gasteiger partial charge on any atom is 0.305 e. The van der Waals surface area contributed by atoms with Crippen LogP contribution in [0.1, 0.15) is 12.6 Å². The minimum Gasteiger partial charge on any atom is -0.481 e. The van der Waals surface area contributed by atoms with Gasteiger partial charge in [0.25, 0.3) is 0 Å². The number of anilines is 1. The Kier molecular flexibility index (Phi) is 4.57. The van der Waals surface area contributed by atoms with Gasteiger partial charge >= 0.3 is 5.97 Å². The normalized spacial score (nSPS) is 26.9. The molecular weight excluding hydrogens is 322 g/mol. The number of aliphatic hydroxyl groups is 2. The number of imidazole rings is 1. The van der Waals surface area contributed by atoms with E-state index in [4.69, 9.17) is 20.3 Å². The van der Waals surface area contributed by atoms with Gasteiger partial charge in [0.1, 0.15) is 30.2 Å². The number of fused-ring (bicyclic) bond motifs is 1. The molecule has 11 heteroatoms. The van der Waals surface area contributed by atoms with E-state index in [-0.39, 0.29) is 25.5 Å². The zero-order valence-electron chi connectivity index (χ0n) is 12.5. The molecule has 3 heterocycles. The lowest BCUT2D eigenvalue weighted by Crippen LogP contribution is -2.34. The number of aliphatic carboxylic acids is 1. The van der Waals surface area contributed by atoms with Crippen molar-refractivity contribution in [3.63, 3.8) is 0 Å². The molecule has 1 saturated heterocycles. The van der Waals surface area contributed by atoms with Crippen LogP contribution in [-0.4, -0.2) is 72.3 Å². The number of rotatable bonds is 6. The molecule has 130 valence electrons. The molecule has 4 atom stereocenters. The molecule has 0 saturated carbocycles. The summed E-state index contributed by atoms with van der Waals surface area (Å²) in [6.45, 7) is -0.0633. The SMILES string of the molecule is Nc1ncnc2c1ncn2[C@@H]1O[C@H](COCCC(=O)O)C(O)[C@@H]1O. The number of hydrogen-bond acceptors (Lipinski definition) is 9. The molecule has 1 aliphatic rings. The number of aromatic nitrogens is 4. The Hall–Kier alpha value is -2.34. The number of nitrogens with zero attached hydrogens (tertiary/aromatic N) is 4. The van der Waals surface area contributed by atoms with Crippen LogP contribution in [0.25, 0.3) is 11.2 Å². The molecule has 2 aromatic rings. The molecule has 1 unspecified atom stereocenters. The predicted octanol–water partition coefficient (Wildman–Crippen LogP) is -1.48. The van der Waals surface area contributed by atoms with Crippen molar-refractivity contribution in [3.8, 4) is 0 Å². The van der Waals surface area contributed by atoms with Gasteiger partial charge in [0.15, 0.2) is 17.7 Å². The summed E-state index contributed by atoms with van der Waals surface area (Å²) in [6.07, 6.45) is -1.66. The topological polar surface area (TPSA) is 166 Å². The van der Waals surface area contributed by atoms with Gasteiger partial charge in [-0.05, 0) is 0 Å². The predicted molar refractivity (Wildman–Crippen MR) is 78.7 cm³/mol. The molecule has 0 spiro atoms. The maximum absolute atomic E-state index is 10.4. The second kappa shape index (κ2) is 6.65. The zero-order chi connectivity index (χ0) is 17.3. The van der Waals surface area contributed by atoms with Crippen LogP contribution < -0.4 is 5.73 Å². The molecule has 3 rings (SSSR count). The molecule has 11 nitrogen and oxygen atoms in total. The highest BCUT2D eigenvalue weighted by Gasteiger charge is 2.44. The molecule has 0 amide bonds. The fourth-order valence-electron chi connectivity index (χ4n) is 2.51. The first-order valence-electron chi connectivity index (χ1n) is 7.23. The van der Waals surface area contributed by atoms with Crippen molar-refractivity contribution >= 4 is 23.0 Å². The summed E-state index contributed by atoms with van der Waals surface area (Å²) in [5.41, 5.74) is 6.45. The number of nitrogen functional groups attached to an aromatic ring is 1. The van der Waals surface area contributed by atoms with Gasteiger partial charge in [-0.25, -0.2) is 15.0 Å². The summed E-state index contributed by atoms with van der Waals surface area (Å²) in [7, 11) is 0. The van der Waals surface area contributed by atoms with E-state index < -0.39 is 30.5 Å². The summed E-state index contributed by atoms with van der Waals surface area (Å²) in [4.78, 5) is 22.4. The van der Waals surface area contributed by atoms with Crippen LogP contribution >= 0.6 is 0 Å². The lowest BCUT2D eigenvalue weighted by atomic mass is 10.1. The lowest BCUT2D eigenvalue weighted by Gasteiger charge is -2.16. The molecule has 1 fully saturated rings. The van der Waals surface area contributed by atoms with Crippen molar-refractivity contribution in [1.82, 2.24) is 19.5 Å². The lowest BCUT2D eigenvalue weighted by molar-refractivity contribution is -0.138. The third kappa shape index (κ3) is 3.01. The standard InChI is InChI=1S/C13H17N5O6/c14-11-8-12(16-4-15-11)18(5-17-8)13-10(22)9(21)6(24-13)3-23-2-1-7(19)20/h4-6,9-10,13,21-22H,1-3H2,(H,19,20)(H2,14,15,16)/t6-,9?,10+,13-/m1/s1. The second-order valence-electron chi connectivity index (χ2n) is 5.35. The Morgan fingerprint density at radius 2 is 2.12 bits per heavy atom. The van der Waals surface area contributed by atoms with Crippen molar-refractivity contribution in [2.24, 2.45) is 0 Å². The van der Waals surface area contributed by atoms with E-state index in [9.17, 15) is 15.0 Å². The highest BCUT2D eigenvalue weighted by Crippen LogP contribution is 2.32. The van der Waals surface area contributed by atoms with Gasteiger partial charge in [-0.2, -0.15) is 0 Å². The second-order valence-corrected chi connectivity index (χ2v) is 5.35. The van der Waals surface area contributed by atoms with E-state index in [0.717, 1.165) is 0 Å². The first kappa shape index (κ1) is 16.5. The van der Waals surface area contributed by atoms with Gasteiger partial charge in [0.2, 0.25) is 0 Å². The van der Waals surface area contributed by atoms with E-state index in [1.165, 1.54) is 17.2 Å². The Labute approximate surface area is 135 Å². The number of carbonyl (C=O) groups is 1. The van der Waals surface area contributed by atoms with E-state index >= 15 is 0 Å². The van der Waals surface area contributed by atoms with Crippen molar-refractivity contribution in [1.29, 1.82) is 0 Å². The van der Waals surface area contributed by atoms with Gasteiger partial charge in [0, 0.05) is 0 Å². The summed E-state index contributed by atoms with van der Waals surface area (Å²) < 4.78 is 12.3. The third-order valence-corrected chi connectivity index (χ3v) is 3.74. The van der Waals surface area contributed by atoms with Crippen molar-refractivity contribution in [3.05, 3.63) is 12.7 Å². The molecule has 0 aromatic carbocycles. The number of aliphatic hydroxyl groups excluding tert-OH is 2. The fourth-order valence-corrected chi connectivity index (χ4v) is 2.51. The molecular formula is C13H17N5O6. The third-order valence-electron chi connectivity index (χ3n) is 3.74. The summed E-state index contributed by atoms with van der Waals surface area (Å²) >= 11 is 0. The Morgan fingerprint density at radius 3 is 2.88 bits per heavy atom. The van der Waals surface area contributed by atoms with Crippen molar-refractivity contribution < 1.29 is 29.6 Å². The van der Waals surface area contributed by atoms with Gasteiger partial charge in [-0.1, -0.05) is 0 Å². The first-order valence-corrected chi connectivity index (χ1v) is 7.23. The van der Waals surface area contributed by atoms with Gasteiger partial charge < -0.3 is 30.5 Å². The zero-order valence-corrected chi connectivity index (χ0v) is 12.5. The molecule has 5 N–H and O–H groups in total. The quantitative estimate of drug-likeness (QED) is 0.456. The van der Waals surface area contributed by atoms with Gasteiger partial charge in [-0.15, -0.1) is 0 Å². The Bertz CT molecular complexity index is 737. The number of carboxylic acid groups (broad SMARTS) is 1. The summed E-state index contributed by atoms with van der Waals surface area (Å²) in [5.74, 6) is -0.789. The highest BCUT2D eigenvalue weighted by molar-refractivity contribution is 5.81. The molecule has 0 bridgehead atoms. The van der Waals surface area contributed by atoms with E-state index in [2.05, 4.69) is 15.0 Å². The van der Waals surface area contributed by atoms with E-state index in [1.54, 1.807) is 0 Å². The average molecular weight is 339 g/mol. The number of hydrogen-bond donors (Lipinski definition) is 4. The molecule has 2 aromatic heterocycles. The smallest absolute Gasteiger partial charge is 0.305 e. The number of carboxylic acids is 1. The van der Waals surface area contributed by atoms with Gasteiger partial charge in [-0.3, -0.25) is 9.36 Å². The average Bonchev–Trinajstić information content (AvgIpc) is 3.08. The highest BCUT2D eigenvalue weighted by atomic mass is 16.6. The van der Waals surface area contributed by atoms with Crippen LogP contribution in [0.15, 0.2) is 12.7 Å². The van der Waals surface area contributed by atoms with Crippen LogP contribution in [0.5, 0.6) is 0 Å². The van der Waals surface area contributed by atoms with Crippen LogP contribution in [-0.2, 0) is 14.3 Å². The summed E-state index contributed by atoms with van der Waals surface area (Å²) in [5, 5.41) is 28.9. The van der Waals surface area contributed by atoms with Crippen LogP contribution in [0.2, 0.25) is 0 Å². The van der Waals surface area contributed by atoms with Crippen LogP contribution in [0.4, 0.5) is 5.82 Å². The molecule has 1 aliphatic heterocycles. The van der Waals surface area contributed by atoms with Crippen molar-refractivity contribution in [2.75, 3.05) is 18.9 Å².